The Labute approximate surface area is 128 Å². The highest BCUT2D eigenvalue weighted by Gasteiger charge is 2.27. The largest absolute Gasteiger partial charge is 0.384 e. The molecule has 1 aliphatic carbocycles. The maximum atomic E-state index is 5.47. The molecule has 22 heavy (non-hydrogen) atoms. The number of pyridine rings is 1. The minimum absolute atomic E-state index is 0.562. The van der Waals surface area contributed by atoms with Gasteiger partial charge in [-0.3, -0.25) is 4.98 Å². The molecule has 1 fully saturated rings. The first-order chi connectivity index (χ1) is 10.8. The monoisotopic (exact) mass is 295 g/mol. The third kappa shape index (κ3) is 2.48. The molecule has 0 bridgehead atoms. The molecule has 5 heteroatoms. The van der Waals surface area contributed by atoms with Crippen LogP contribution in [0.3, 0.4) is 0 Å². The summed E-state index contributed by atoms with van der Waals surface area (Å²) in [6, 6.07) is 10.2. The van der Waals surface area contributed by atoms with Gasteiger partial charge in [-0.2, -0.15) is 4.98 Å². The molecule has 3 aromatic rings. The maximum absolute atomic E-state index is 5.47. The summed E-state index contributed by atoms with van der Waals surface area (Å²) in [6.07, 6.45) is 3.08. The van der Waals surface area contributed by atoms with Crippen LogP contribution in [0, 0.1) is 0 Å². The summed E-state index contributed by atoms with van der Waals surface area (Å²) >= 11 is 0. The molecule has 1 aromatic carbocycles. The summed E-state index contributed by atoms with van der Waals surface area (Å²) in [6.45, 7) is 0.587. The molecule has 2 aromatic heterocycles. The third-order valence-corrected chi connectivity index (χ3v) is 3.96. The fraction of sp³-hybridized carbons (Fsp3) is 0.353. The minimum atomic E-state index is 0.562. The summed E-state index contributed by atoms with van der Waals surface area (Å²) in [5.74, 6) is 1.82. The number of rotatable bonds is 5. The van der Waals surface area contributed by atoms with Gasteiger partial charge in [0.25, 0.3) is 5.89 Å². The number of hydrogen-bond acceptors (Lipinski definition) is 5. The van der Waals surface area contributed by atoms with Crippen LogP contribution in [0.4, 0.5) is 0 Å². The highest BCUT2D eigenvalue weighted by atomic mass is 16.5. The Kier molecular flexibility index (Phi) is 3.35. The van der Waals surface area contributed by atoms with E-state index in [1.54, 1.807) is 7.11 Å². The quantitative estimate of drug-likeness (QED) is 0.722. The first-order valence-electron chi connectivity index (χ1n) is 7.57. The average molecular weight is 295 g/mol. The van der Waals surface area contributed by atoms with Gasteiger partial charge in [0.15, 0.2) is 5.82 Å². The molecule has 4 rings (SSSR count). The molecule has 0 amide bonds. The second-order valence-electron chi connectivity index (χ2n) is 5.64. The molecule has 5 nitrogen and oxygen atoms in total. The molecule has 1 aliphatic rings. The number of nitrogens with zero attached hydrogens (tertiary/aromatic N) is 3. The summed E-state index contributed by atoms with van der Waals surface area (Å²) in [5.41, 5.74) is 3.09. The summed E-state index contributed by atoms with van der Waals surface area (Å²) in [5, 5.41) is 5.09. The molecule has 0 radical (unpaired) electrons. The van der Waals surface area contributed by atoms with E-state index in [2.05, 4.69) is 16.2 Å². The van der Waals surface area contributed by atoms with Crippen LogP contribution in [0.1, 0.15) is 30.3 Å². The van der Waals surface area contributed by atoms with E-state index in [4.69, 9.17) is 14.2 Å². The molecular weight excluding hydrogens is 278 g/mol. The number of methoxy groups -OCH3 is 1. The van der Waals surface area contributed by atoms with Gasteiger partial charge in [-0.15, -0.1) is 0 Å². The van der Waals surface area contributed by atoms with Gasteiger partial charge in [-0.05, 0) is 25.0 Å². The topological polar surface area (TPSA) is 61.0 Å². The Morgan fingerprint density at radius 2 is 2.09 bits per heavy atom. The molecule has 0 aliphatic heterocycles. The Hall–Kier alpha value is -2.27. The van der Waals surface area contributed by atoms with Crippen molar-refractivity contribution in [3.8, 4) is 11.5 Å². The first kappa shape index (κ1) is 13.4. The SMILES string of the molecule is COCCc1noc(-c2cc(C3CC3)nc3ccccc23)n1. The van der Waals surface area contributed by atoms with E-state index in [1.807, 2.05) is 24.3 Å². The van der Waals surface area contributed by atoms with Gasteiger partial charge in [-0.25, -0.2) is 0 Å². The van der Waals surface area contributed by atoms with Gasteiger partial charge in [-0.1, -0.05) is 23.4 Å². The van der Waals surface area contributed by atoms with E-state index in [0.717, 1.165) is 22.2 Å². The molecule has 0 unspecified atom stereocenters. The van der Waals surface area contributed by atoms with Crippen molar-refractivity contribution in [2.75, 3.05) is 13.7 Å². The highest BCUT2D eigenvalue weighted by Crippen LogP contribution is 2.41. The Morgan fingerprint density at radius 1 is 1.23 bits per heavy atom. The Balaban J connectivity index is 1.80. The summed E-state index contributed by atoms with van der Waals surface area (Å²) in [4.78, 5) is 9.27. The van der Waals surface area contributed by atoms with Crippen LogP contribution in [-0.4, -0.2) is 28.8 Å². The normalized spacial score (nSPS) is 14.6. The van der Waals surface area contributed by atoms with Crippen LogP contribution in [0.25, 0.3) is 22.4 Å². The van der Waals surface area contributed by atoms with E-state index in [-0.39, 0.29) is 0 Å². The molecule has 0 spiro atoms. The van der Waals surface area contributed by atoms with E-state index in [1.165, 1.54) is 12.8 Å². The summed E-state index contributed by atoms with van der Waals surface area (Å²) < 4.78 is 10.5. The lowest BCUT2D eigenvalue weighted by Crippen LogP contribution is -1.96. The van der Waals surface area contributed by atoms with Gasteiger partial charge in [0.2, 0.25) is 0 Å². The molecule has 0 atom stereocenters. The molecule has 2 heterocycles. The van der Waals surface area contributed by atoms with Gasteiger partial charge in [0.05, 0.1) is 17.7 Å². The van der Waals surface area contributed by atoms with Crippen LogP contribution in [0.5, 0.6) is 0 Å². The van der Waals surface area contributed by atoms with Crippen molar-refractivity contribution in [3.05, 3.63) is 41.9 Å². The second-order valence-corrected chi connectivity index (χ2v) is 5.64. The lowest BCUT2D eigenvalue weighted by molar-refractivity contribution is 0.199. The number of benzene rings is 1. The molecule has 1 saturated carbocycles. The Morgan fingerprint density at radius 3 is 2.91 bits per heavy atom. The van der Waals surface area contributed by atoms with Crippen molar-refractivity contribution in [3.63, 3.8) is 0 Å². The van der Waals surface area contributed by atoms with Crippen molar-refractivity contribution in [1.29, 1.82) is 0 Å². The van der Waals surface area contributed by atoms with Crippen molar-refractivity contribution in [1.82, 2.24) is 15.1 Å². The summed E-state index contributed by atoms with van der Waals surface area (Å²) in [7, 11) is 1.67. The molecule has 0 saturated heterocycles. The average Bonchev–Trinajstić information content (AvgIpc) is 3.31. The van der Waals surface area contributed by atoms with Crippen LogP contribution in [0.2, 0.25) is 0 Å². The number of hydrogen-bond donors (Lipinski definition) is 0. The zero-order chi connectivity index (χ0) is 14.9. The molecular formula is C17H17N3O2. The predicted octanol–water partition coefficient (Wildman–Crippen LogP) is 3.35. The fourth-order valence-electron chi connectivity index (χ4n) is 2.62. The van der Waals surface area contributed by atoms with E-state index in [9.17, 15) is 0 Å². The van der Waals surface area contributed by atoms with Crippen LogP contribution in [0.15, 0.2) is 34.9 Å². The number of para-hydroxylation sites is 1. The third-order valence-electron chi connectivity index (χ3n) is 3.96. The second kappa shape index (κ2) is 5.50. The number of aromatic nitrogens is 3. The Bertz CT molecular complexity index is 809. The maximum Gasteiger partial charge on any atom is 0.258 e. The first-order valence-corrected chi connectivity index (χ1v) is 7.57. The van der Waals surface area contributed by atoms with Crippen LogP contribution in [-0.2, 0) is 11.2 Å². The van der Waals surface area contributed by atoms with Gasteiger partial charge < -0.3 is 9.26 Å². The van der Waals surface area contributed by atoms with Crippen LogP contribution < -0.4 is 0 Å². The lowest BCUT2D eigenvalue weighted by Gasteiger charge is -2.05. The van der Waals surface area contributed by atoms with Gasteiger partial charge in [0.1, 0.15) is 0 Å². The van der Waals surface area contributed by atoms with Crippen LogP contribution >= 0.6 is 0 Å². The lowest BCUT2D eigenvalue weighted by atomic mass is 10.1. The predicted molar refractivity (Wildman–Crippen MR) is 82.6 cm³/mol. The minimum Gasteiger partial charge on any atom is -0.384 e. The molecule has 112 valence electrons. The van der Waals surface area contributed by atoms with Crippen molar-refractivity contribution in [2.45, 2.75) is 25.2 Å². The van der Waals surface area contributed by atoms with E-state index < -0.39 is 0 Å². The number of fused-ring (bicyclic) bond motifs is 1. The fourth-order valence-corrected chi connectivity index (χ4v) is 2.62. The zero-order valence-corrected chi connectivity index (χ0v) is 12.5. The van der Waals surface area contributed by atoms with Crippen molar-refractivity contribution in [2.24, 2.45) is 0 Å². The zero-order valence-electron chi connectivity index (χ0n) is 12.5. The highest BCUT2D eigenvalue weighted by molar-refractivity contribution is 5.92. The van der Waals surface area contributed by atoms with E-state index in [0.29, 0.717) is 30.7 Å². The molecule has 0 N–H and O–H groups in total. The van der Waals surface area contributed by atoms with Crippen molar-refractivity contribution >= 4 is 10.9 Å². The van der Waals surface area contributed by atoms with Crippen molar-refractivity contribution < 1.29 is 9.26 Å². The van der Waals surface area contributed by atoms with E-state index >= 15 is 0 Å². The standard InChI is InChI=1S/C17H17N3O2/c1-21-9-8-16-19-17(22-20-16)13-10-15(11-6-7-11)18-14-5-3-2-4-12(13)14/h2-5,10-11H,6-9H2,1H3. The van der Waals surface area contributed by atoms with Gasteiger partial charge in [0, 0.05) is 30.5 Å². The number of ether oxygens (including phenoxy) is 1. The smallest absolute Gasteiger partial charge is 0.258 e. The van der Waals surface area contributed by atoms with Gasteiger partial charge >= 0.3 is 0 Å².